The molecular weight excluding hydrogens is 118 g/mol. The molecule has 1 aliphatic heterocycles. The summed E-state index contributed by atoms with van der Waals surface area (Å²) in [6.07, 6.45) is 0. The van der Waals surface area contributed by atoms with E-state index in [1.807, 2.05) is 4.90 Å². The fourth-order valence-electron chi connectivity index (χ4n) is 0.857. The monoisotopic (exact) mass is 130 g/mol. The quantitative estimate of drug-likeness (QED) is 0.484. The number of hydrogen-bond donors (Lipinski definition) is 1. The maximum atomic E-state index is 8.70. The average molecular weight is 130 g/mol. The van der Waals surface area contributed by atoms with Gasteiger partial charge in [0, 0.05) is 6.04 Å². The third-order valence-corrected chi connectivity index (χ3v) is 1.56. The molecule has 54 valence electrons. The first-order chi connectivity index (χ1) is 4.34. The zero-order chi connectivity index (χ0) is 6.69. The summed E-state index contributed by atoms with van der Waals surface area (Å²) in [5.74, 6) is 0. The van der Waals surface area contributed by atoms with Crippen LogP contribution in [-0.2, 0) is 4.74 Å². The SMILES string of the molecule is [CH2-]N1CCOC[C@H]1CO. The molecule has 0 aliphatic carbocycles. The van der Waals surface area contributed by atoms with Crippen LogP contribution >= 0.6 is 0 Å². The molecule has 3 heteroatoms. The van der Waals surface area contributed by atoms with Crippen LogP contribution < -0.4 is 0 Å². The van der Waals surface area contributed by atoms with E-state index in [1.165, 1.54) is 0 Å². The summed E-state index contributed by atoms with van der Waals surface area (Å²) < 4.78 is 5.10. The third-order valence-electron chi connectivity index (χ3n) is 1.56. The predicted octanol–water partition coefficient (Wildman–Crippen LogP) is -0.529. The Balaban J connectivity index is 2.30. The fraction of sp³-hybridized carbons (Fsp3) is 0.833. The molecule has 3 nitrogen and oxygen atoms in total. The molecule has 0 radical (unpaired) electrons. The van der Waals surface area contributed by atoms with Crippen LogP contribution in [0.5, 0.6) is 0 Å². The Labute approximate surface area is 55.2 Å². The average Bonchev–Trinajstić information content (AvgIpc) is 1.89. The van der Waals surface area contributed by atoms with Crippen LogP contribution in [0.25, 0.3) is 0 Å². The van der Waals surface area contributed by atoms with Gasteiger partial charge >= 0.3 is 0 Å². The van der Waals surface area contributed by atoms with Crippen molar-refractivity contribution in [2.45, 2.75) is 6.04 Å². The summed E-state index contributed by atoms with van der Waals surface area (Å²) in [5, 5.41) is 8.70. The lowest BCUT2D eigenvalue weighted by Crippen LogP contribution is -2.43. The maximum Gasteiger partial charge on any atom is 0.0621 e. The molecule has 0 aromatic heterocycles. The van der Waals surface area contributed by atoms with Crippen LogP contribution in [0.4, 0.5) is 0 Å². The van der Waals surface area contributed by atoms with Gasteiger partial charge in [-0.05, 0) is 6.54 Å². The molecule has 1 heterocycles. The predicted molar refractivity (Wildman–Crippen MR) is 33.8 cm³/mol. The number of ether oxygens (including phenoxy) is 1. The minimum atomic E-state index is 0.110. The van der Waals surface area contributed by atoms with Gasteiger partial charge in [-0.15, -0.1) is 0 Å². The smallest absolute Gasteiger partial charge is 0.0621 e. The number of aliphatic hydroxyl groups is 1. The van der Waals surface area contributed by atoms with Crippen molar-refractivity contribution in [3.63, 3.8) is 0 Å². The van der Waals surface area contributed by atoms with Crippen molar-refractivity contribution < 1.29 is 9.84 Å². The summed E-state index contributed by atoms with van der Waals surface area (Å²) in [6, 6.07) is 0.110. The van der Waals surface area contributed by atoms with Crippen LogP contribution in [0.3, 0.4) is 0 Å². The van der Waals surface area contributed by atoms with Crippen molar-refractivity contribution in [1.82, 2.24) is 4.90 Å². The van der Waals surface area contributed by atoms with E-state index >= 15 is 0 Å². The molecular formula is C6H12NO2-. The van der Waals surface area contributed by atoms with Crippen LogP contribution in [0.1, 0.15) is 0 Å². The minimum Gasteiger partial charge on any atom is -0.451 e. The number of nitrogens with zero attached hydrogens (tertiary/aromatic N) is 1. The molecule has 1 saturated heterocycles. The number of aliphatic hydroxyl groups excluding tert-OH is 1. The van der Waals surface area contributed by atoms with E-state index in [2.05, 4.69) is 7.05 Å². The van der Waals surface area contributed by atoms with E-state index in [9.17, 15) is 0 Å². The Morgan fingerprint density at radius 1 is 1.78 bits per heavy atom. The van der Waals surface area contributed by atoms with Crippen molar-refractivity contribution in [1.29, 1.82) is 0 Å². The summed E-state index contributed by atoms with van der Waals surface area (Å²) in [6.45, 7) is 2.31. The molecule has 1 aliphatic rings. The van der Waals surface area contributed by atoms with Gasteiger partial charge in [0.05, 0.1) is 19.8 Å². The van der Waals surface area contributed by atoms with Crippen LogP contribution in [0.2, 0.25) is 0 Å². The highest BCUT2D eigenvalue weighted by molar-refractivity contribution is 4.72. The molecule has 9 heavy (non-hydrogen) atoms. The summed E-state index contributed by atoms with van der Waals surface area (Å²) >= 11 is 0. The summed E-state index contributed by atoms with van der Waals surface area (Å²) in [4.78, 5) is 1.86. The van der Waals surface area contributed by atoms with E-state index in [0.29, 0.717) is 6.61 Å². The maximum absolute atomic E-state index is 8.70. The van der Waals surface area contributed by atoms with E-state index in [1.54, 1.807) is 0 Å². The Morgan fingerprint density at radius 2 is 2.56 bits per heavy atom. The van der Waals surface area contributed by atoms with Crippen LogP contribution in [0, 0.1) is 7.05 Å². The fourth-order valence-corrected chi connectivity index (χ4v) is 0.857. The summed E-state index contributed by atoms with van der Waals surface area (Å²) in [7, 11) is 3.74. The molecule has 1 atom stereocenters. The lowest BCUT2D eigenvalue weighted by molar-refractivity contribution is -0.00647. The molecule has 1 rings (SSSR count). The van der Waals surface area contributed by atoms with Crippen molar-refractivity contribution in [3.05, 3.63) is 7.05 Å². The number of morpholine rings is 1. The highest BCUT2D eigenvalue weighted by Crippen LogP contribution is 2.02. The van der Waals surface area contributed by atoms with Gasteiger partial charge < -0.3 is 14.7 Å². The normalized spacial score (nSPS) is 30.7. The zero-order valence-corrected chi connectivity index (χ0v) is 5.42. The first-order valence-corrected chi connectivity index (χ1v) is 3.10. The lowest BCUT2D eigenvalue weighted by atomic mass is 10.3. The van der Waals surface area contributed by atoms with Crippen LogP contribution in [-0.4, -0.2) is 42.4 Å². The van der Waals surface area contributed by atoms with Gasteiger partial charge in [-0.3, -0.25) is 7.05 Å². The van der Waals surface area contributed by atoms with Crippen molar-refractivity contribution in [2.75, 3.05) is 26.4 Å². The topological polar surface area (TPSA) is 32.7 Å². The van der Waals surface area contributed by atoms with Gasteiger partial charge in [-0.25, -0.2) is 0 Å². The Kier molecular flexibility index (Phi) is 2.45. The molecule has 0 bridgehead atoms. The van der Waals surface area contributed by atoms with E-state index < -0.39 is 0 Å². The van der Waals surface area contributed by atoms with E-state index in [4.69, 9.17) is 9.84 Å². The molecule has 0 aromatic rings. The van der Waals surface area contributed by atoms with Crippen molar-refractivity contribution in [2.24, 2.45) is 0 Å². The molecule has 1 fully saturated rings. The van der Waals surface area contributed by atoms with Gasteiger partial charge in [-0.2, -0.15) is 0 Å². The first-order valence-electron chi connectivity index (χ1n) is 3.10. The van der Waals surface area contributed by atoms with Gasteiger partial charge in [0.1, 0.15) is 0 Å². The second-order valence-electron chi connectivity index (χ2n) is 2.22. The molecule has 0 aromatic carbocycles. The third kappa shape index (κ3) is 1.64. The second kappa shape index (κ2) is 3.15. The number of hydrogen-bond acceptors (Lipinski definition) is 3. The summed E-state index contributed by atoms with van der Waals surface area (Å²) in [5.41, 5.74) is 0. The molecule has 1 N–H and O–H groups in total. The molecule has 0 saturated carbocycles. The molecule has 0 unspecified atom stereocenters. The highest BCUT2D eigenvalue weighted by atomic mass is 16.5. The van der Waals surface area contributed by atoms with Gasteiger partial charge in [0.25, 0.3) is 0 Å². The minimum absolute atomic E-state index is 0.110. The van der Waals surface area contributed by atoms with Crippen molar-refractivity contribution in [3.8, 4) is 0 Å². The first kappa shape index (κ1) is 6.99. The highest BCUT2D eigenvalue weighted by Gasteiger charge is 2.12. The second-order valence-corrected chi connectivity index (χ2v) is 2.22. The van der Waals surface area contributed by atoms with Gasteiger partial charge in [-0.1, -0.05) is 0 Å². The van der Waals surface area contributed by atoms with Crippen LogP contribution in [0.15, 0.2) is 0 Å². The van der Waals surface area contributed by atoms with Gasteiger partial charge in [0.15, 0.2) is 0 Å². The van der Waals surface area contributed by atoms with Crippen molar-refractivity contribution >= 4 is 0 Å². The molecule has 0 amide bonds. The van der Waals surface area contributed by atoms with Gasteiger partial charge in [0.2, 0.25) is 0 Å². The Hall–Kier alpha value is -0.120. The zero-order valence-electron chi connectivity index (χ0n) is 5.42. The lowest BCUT2D eigenvalue weighted by Gasteiger charge is -2.37. The number of rotatable bonds is 1. The Bertz CT molecular complexity index is 87.1. The standard InChI is InChI=1S/C6H12NO2/c1-7-2-3-9-5-6(7)4-8/h6,8H,1-5H2/q-1/t6-/m1/s1. The van der Waals surface area contributed by atoms with E-state index in [-0.39, 0.29) is 12.6 Å². The molecule has 0 spiro atoms. The largest absolute Gasteiger partial charge is 0.451 e. The Morgan fingerprint density at radius 3 is 3.00 bits per heavy atom. The van der Waals surface area contributed by atoms with E-state index in [0.717, 1.165) is 13.2 Å².